The van der Waals surface area contributed by atoms with Crippen LogP contribution in [0.3, 0.4) is 0 Å². The smallest absolute Gasteiger partial charge is 0.658 e. The maximum absolute atomic E-state index is 4.28. The fourth-order valence-electron chi connectivity index (χ4n) is 2.39. The molecule has 0 aliphatic rings. The first-order chi connectivity index (χ1) is 12.5. The Morgan fingerprint density at radius 2 is 0.333 bits per heavy atom. The molecule has 0 rings (SSSR count). The van der Waals surface area contributed by atoms with Crippen molar-refractivity contribution >= 4 is 17.4 Å². The van der Waals surface area contributed by atoms with Crippen LogP contribution in [0.25, 0.3) is 21.3 Å². The Morgan fingerprint density at radius 3 is 0.333 bits per heavy atom. The van der Waals surface area contributed by atoms with Gasteiger partial charge in [-0.1, -0.05) is 111 Å². The van der Waals surface area contributed by atoms with E-state index in [0.717, 1.165) is 0 Å². The zero-order valence-corrected chi connectivity index (χ0v) is 25.1. The SMILES string of the molecule is CC(C)[N-]C(C)C.CC(C)[N-]C(C)C.CC(C)[N-]C(C)C.CC(C)[N-]C(C)C.[Al+3].[Li+]. The van der Waals surface area contributed by atoms with Crippen LogP contribution >= 0.6 is 0 Å². The van der Waals surface area contributed by atoms with E-state index in [4.69, 9.17) is 0 Å². The molecule has 0 N–H and O–H groups in total. The third kappa shape index (κ3) is 78.7. The second kappa shape index (κ2) is 30.0. The topological polar surface area (TPSA) is 56.4 Å². The van der Waals surface area contributed by atoms with Gasteiger partial charge in [-0.25, -0.2) is 0 Å². The maximum atomic E-state index is 4.28. The summed E-state index contributed by atoms with van der Waals surface area (Å²) in [5, 5.41) is 17.1. The summed E-state index contributed by atoms with van der Waals surface area (Å²) < 4.78 is 0. The Bertz CT molecular complexity index is 202. The first kappa shape index (κ1) is 44.6. The summed E-state index contributed by atoms with van der Waals surface area (Å²) in [6.07, 6.45) is 0. The minimum Gasteiger partial charge on any atom is -0.658 e. The van der Waals surface area contributed by atoms with Gasteiger partial charge in [0.1, 0.15) is 0 Å². The summed E-state index contributed by atoms with van der Waals surface area (Å²) in [5.41, 5.74) is 0. The van der Waals surface area contributed by atoms with E-state index in [1.54, 1.807) is 0 Å². The molecule has 0 aromatic rings. The quantitative estimate of drug-likeness (QED) is 0.464. The first-order valence-electron chi connectivity index (χ1n) is 11.3. The van der Waals surface area contributed by atoms with Crippen molar-refractivity contribution < 1.29 is 18.9 Å². The van der Waals surface area contributed by atoms with Crippen molar-refractivity contribution in [1.82, 2.24) is 0 Å². The normalized spacial score (nSPS) is 10.4. The van der Waals surface area contributed by atoms with Gasteiger partial charge in [-0.3, -0.25) is 0 Å². The Balaban J connectivity index is -0.0000000626. The van der Waals surface area contributed by atoms with Gasteiger partial charge in [-0.15, -0.1) is 48.3 Å². The third-order valence-electron chi connectivity index (χ3n) is 2.39. The zero-order valence-electron chi connectivity index (χ0n) is 24.0. The van der Waals surface area contributed by atoms with Crippen LogP contribution in [0, 0.1) is 0 Å². The van der Waals surface area contributed by atoms with Crippen LogP contribution in [0.5, 0.6) is 0 Å². The average molecular weight is 435 g/mol. The van der Waals surface area contributed by atoms with Gasteiger partial charge in [-0.2, -0.15) is 0 Å². The molecule has 0 fully saturated rings. The van der Waals surface area contributed by atoms with Gasteiger partial charge in [0.25, 0.3) is 0 Å². The fraction of sp³-hybridized carbons (Fsp3) is 1.00. The standard InChI is InChI=1S/4C6H14N.Al.Li/c4*1-5(2)7-6(3)4;;/h4*5-6H,1-4H3;;/q4*-1;+3;+1. The summed E-state index contributed by atoms with van der Waals surface area (Å²) in [5.74, 6) is 0. The molecule has 0 aromatic carbocycles. The van der Waals surface area contributed by atoms with E-state index >= 15 is 0 Å². The van der Waals surface area contributed by atoms with Crippen LogP contribution in [0.1, 0.15) is 111 Å². The van der Waals surface area contributed by atoms with Gasteiger partial charge >= 0.3 is 36.2 Å². The van der Waals surface area contributed by atoms with E-state index in [0.29, 0.717) is 48.3 Å². The van der Waals surface area contributed by atoms with Crippen LogP contribution in [0.15, 0.2) is 0 Å². The fourth-order valence-corrected chi connectivity index (χ4v) is 2.39. The van der Waals surface area contributed by atoms with Gasteiger partial charge in [0.2, 0.25) is 0 Å². The molecular formula is C24H56AlLiN4. The summed E-state index contributed by atoms with van der Waals surface area (Å²) in [4.78, 5) is 0. The number of hydrogen-bond acceptors (Lipinski definition) is 0. The molecular weight excluding hydrogens is 378 g/mol. The van der Waals surface area contributed by atoms with Crippen molar-refractivity contribution in [2.75, 3.05) is 0 Å². The number of nitrogens with zero attached hydrogens (tertiary/aromatic N) is 4. The Hall–Kier alpha value is 0.970. The summed E-state index contributed by atoms with van der Waals surface area (Å²) >= 11 is 0. The Kier molecular flexibility index (Phi) is 44.6. The zero-order chi connectivity index (χ0) is 23.4. The van der Waals surface area contributed by atoms with Gasteiger partial charge in [0, 0.05) is 0 Å². The molecule has 6 heteroatoms. The average Bonchev–Trinajstić information content (AvgIpc) is 2.32. The van der Waals surface area contributed by atoms with Gasteiger partial charge < -0.3 is 21.3 Å². The molecule has 0 unspecified atom stereocenters. The maximum Gasteiger partial charge on any atom is 3.00 e. The van der Waals surface area contributed by atoms with E-state index < -0.39 is 0 Å². The molecule has 0 aliphatic heterocycles. The molecule has 0 radical (unpaired) electrons. The Morgan fingerprint density at radius 1 is 0.267 bits per heavy atom. The van der Waals surface area contributed by atoms with Gasteiger partial charge in [-0.05, 0) is 0 Å². The van der Waals surface area contributed by atoms with Crippen molar-refractivity contribution in [3.63, 3.8) is 0 Å². The van der Waals surface area contributed by atoms with Crippen molar-refractivity contribution in [3.05, 3.63) is 21.3 Å². The van der Waals surface area contributed by atoms with Crippen LogP contribution in [0.4, 0.5) is 0 Å². The molecule has 30 heavy (non-hydrogen) atoms. The summed E-state index contributed by atoms with van der Waals surface area (Å²) in [7, 11) is 0. The van der Waals surface area contributed by atoms with Gasteiger partial charge in [0.15, 0.2) is 0 Å². The summed E-state index contributed by atoms with van der Waals surface area (Å²) in [6.45, 7) is 33.6. The second-order valence-electron chi connectivity index (χ2n) is 9.35. The molecule has 0 spiro atoms. The minimum atomic E-state index is 0. The second-order valence-corrected chi connectivity index (χ2v) is 9.35. The van der Waals surface area contributed by atoms with Crippen molar-refractivity contribution in [3.8, 4) is 0 Å². The molecule has 4 nitrogen and oxygen atoms in total. The third-order valence-corrected chi connectivity index (χ3v) is 2.39. The summed E-state index contributed by atoms with van der Waals surface area (Å²) in [6, 6.07) is 4.00. The van der Waals surface area contributed by atoms with Crippen LogP contribution in [0.2, 0.25) is 0 Å². The van der Waals surface area contributed by atoms with Crippen LogP contribution < -0.4 is 18.9 Å². The molecule has 0 aliphatic carbocycles. The predicted molar refractivity (Wildman–Crippen MR) is 140 cm³/mol. The van der Waals surface area contributed by atoms with Crippen molar-refractivity contribution in [1.29, 1.82) is 0 Å². The van der Waals surface area contributed by atoms with Crippen LogP contribution in [-0.4, -0.2) is 65.7 Å². The van der Waals surface area contributed by atoms with Crippen LogP contribution in [-0.2, 0) is 0 Å². The number of hydrogen-bond donors (Lipinski definition) is 0. The largest absolute Gasteiger partial charge is 3.00 e. The van der Waals surface area contributed by atoms with Crippen molar-refractivity contribution in [2.45, 2.75) is 159 Å². The molecule has 0 atom stereocenters. The van der Waals surface area contributed by atoms with Gasteiger partial charge in [0.05, 0.1) is 0 Å². The minimum absolute atomic E-state index is 0. The molecule has 0 heterocycles. The molecule has 0 saturated carbocycles. The first-order valence-corrected chi connectivity index (χ1v) is 11.3. The molecule has 0 bridgehead atoms. The molecule has 0 aromatic heterocycles. The van der Waals surface area contributed by atoms with E-state index in [1.165, 1.54) is 0 Å². The monoisotopic (exact) mass is 434 g/mol. The number of rotatable bonds is 8. The Labute approximate surface area is 216 Å². The van der Waals surface area contributed by atoms with E-state index in [1.807, 2.05) is 0 Å². The predicted octanol–water partition coefficient (Wildman–Crippen LogP) is 5.33. The molecule has 176 valence electrons. The van der Waals surface area contributed by atoms with E-state index in [9.17, 15) is 0 Å². The molecule has 0 saturated heterocycles. The van der Waals surface area contributed by atoms with E-state index in [2.05, 4.69) is 132 Å². The molecule has 0 amide bonds. The van der Waals surface area contributed by atoms with E-state index in [-0.39, 0.29) is 36.2 Å². The van der Waals surface area contributed by atoms with Crippen molar-refractivity contribution in [2.24, 2.45) is 0 Å².